The lowest BCUT2D eigenvalue weighted by Crippen LogP contribution is -2.58. The summed E-state index contributed by atoms with van der Waals surface area (Å²) < 4.78 is 0. The van der Waals surface area contributed by atoms with Gasteiger partial charge in [0.25, 0.3) is 0 Å². The maximum Gasteiger partial charge on any atom is 0.152 e. The molecule has 0 aromatic carbocycles. The molecule has 0 amide bonds. The number of fused-ring (bicyclic) bond motifs is 5. The Hall–Kier alpha value is 0.0700. The summed E-state index contributed by atoms with van der Waals surface area (Å²) in [6.07, 6.45) is 6.04. The Bertz CT molecular complexity index is 523. The van der Waals surface area contributed by atoms with E-state index in [1.54, 1.807) is 0 Å². The first-order valence-electron chi connectivity index (χ1n) is 9.32. The average Bonchev–Trinajstić information content (AvgIpc) is 2.73. The number of Topliss-reactive ketones (excluding diaryl/α,β-unsaturated/α-hetero) is 1. The summed E-state index contributed by atoms with van der Waals surface area (Å²) in [6.45, 7) is 4.54. The number of halogens is 1. The van der Waals surface area contributed by atoms with Crippen molar-refractivity contribution in [1.82, 2.24) is 0 Å². The van der Waals surface area contributed by atoms with Gasteiger partial charge >= 0.3 is 0 Å². The fourth-order valence-electron chi connectivity index (χ4n) is 6.95. The van der Waals surface area contributed by atoms with Gasteiger partial charge in [0.2, 0.25) is 0 Å². The van der Waals surface area contributed by atoms with Crippen LogP contribution in [-0.2, 0) is 4.79 Å². The molecule has 4 rings (SSSR count). The molecule has 2 N–H and O–H groups in total. The molecule has 4 heteroatoms. The van der Waals surface area contributed by atoms with Gasteiger partial charge in [0, 0.05) is 5.41 Å². The van der Waals surface area contributed by atoms with Gasteiger partial charge in [-0.3, -0.25) is 4.79 Å². The van der Waals surface area contributed by atoms with Gasteiger partial charge in [0.1, 0.15) is 0 Å². The Kier molecular flexibility index (Phi) is 3.80. The molecule has 23 heavy (non-hydrogen) atoms. The molecule has 4 fully saturated rings. The van der Waals surface area contributed by atoms with E-state index in [2.05, 4.69) is 29.8 Å². The van der Waals surface area contributed by atoms with Crippen molar-refractivity contribution in [1.29, 1.82) is 0 Å². The fraction of sp³-hybridized carbons (Fsp3) is 0.947. The standard InChI is InChI=1S/C19H29BrO3/c1-18-5-3-11(21)7-10(18)8-15(22)16-12(18)4-6-19(2)13(16)9-14(20)17(19)23/h10-16,21-22H,3-9H2,1-2H3. The summed E-state index contributed by atoms with van der Waals surface area (Å²) in [5.74, 6) is 1.88. The molecule has 0 saturated heterocycles. The minimum Gasteiger partial charge on any atom is -0.393 e. The minimum absolute atomic E-state index is 0.0258. The highest BCUT2D eigenvalue weighted by atomic mass is 79.9. The van der Waals surface area contributed by atoms with Gasteiger partial charge in [0.05, 0.1) is 17.0 Å². The molecule has 130 valence electrons. The van der Waals surface area contributed by atoms with Crippen LogP contribution in [-0.4, -0.2) is 33.0 Å². The lowest BCUT2D eigenvalue weighted by atomic mass is 9.44. The summed E-state index contributed by atoms with van der Waals surface area (Å²) in [6, 6.07) is 0. The Balaban J connectivity index is 1.69. The van der Waals surface area contributed by atoms with Crippen molar-refractivity contribution in [2.75, 3.05) is 0 Å². The fourth-order valence-corrected chi connectivity index (χ4v) is 7.88. The third kappa shape index (κ3) is 2.17. The number of rotatable bonds is 0. The summed E-state index contributed by atoms with van der Waals surface area (Å²) in [4.78, 5) is 12.7. The van der Waals surface area contributed by atoms with Gasteiger partial charge in [-0.25, -0.2) is 0 Å². The van der Waals surface area contributed by atoms with Gasteiger partial charge in [-0.05, 0) is 74.0 Å². The lowest BCUT2D eigenvalue weighted by Gasteiger charge is -2.61. The van der Waals surface area contributed by atoms with E-state index in [0.29, 0.717) is 23.5 Å². The van der Waals surface area contributed by atoms with E-state index in [1.165, 1.54) is 0 Å². The van der Waals surface area contributed by atoms with E-state index in [0.717, 1.165) is 44.9 Å². The van der Waals surface area contributed by atoms with Crippen LogP contribution in [0.5, 0.6) is 0 Å². The summed E-state index contributed by atoms with van der Waals surface area (Å²) in [7, 11) is 0. The molecule has 9 unspecified atom stereocenters. The normalized spacial score (nSPS) is 59.2. The molecule has 3 nitrogen and oxygen atoms in total. The summed E-state index contributed by atoms with van der Waals surface area (Å²) >= 11 is 3.59. The van der Waals surface area contributed by atoms with Crippen LogP contribution in [0, 0.1) is 34.5 Å². The first-order chi connectivity index (χ1) is 10.8. The van der Waals surface area contributed by atoms with E-state index < -0.39 is 0 Å². The average molecular weight is 385 g/mol. The molecule has 0 heterocycles. The zero-order chi connectivity index (χ0) is 16.6. The number of alkyl halides is 1. The Morgan fingerprint density at radius 3 is 2.52 bits per heavy atom. The van der Waals surface area contributed by atoms with E-state index in [4.69, 9.17) is 0 Å². The van der Waals surface area contributed by atoms with E-state index >= 15 is 0 Å². The van der Waals surface area contributed by atoms with E-state index in [-0.39, 0.29) is 33.8 Å². The predicted molar refractivity (Wildman–Crippen MR) is 92.2 cm³/mol. The van der Waals surface area contributed by atoms with Crippen molar-refractivity contribution in [3.8, 4) is 0 Å². The first kappa shape index (κ1) is 16.5. The van der Waals surface area contributed by atoms with Crippen LogP contribution in [0.4, 0.5) is 0 Å². The number of aliphatic hydroxyl groups excluding tert-OH is 2. The number of hydrogen-bond donors (Lipinski definition) is 2. The zero-order valence-electron chi connectivity index (χ0n) is 14.2. The SMILES string of the molecule is CC12CCC3C(C(O)CC4CC(O)CCC43C)C1CC(Br)C2=O. The van der Waals surface area contributed by atoms with Crippen molar-refractivity contribution < 1.29 is 15.0 Å². The molecule has 0 aromatic rings. The van der Waals surface area contributed by atoms with Crippen molar-refractivity contribution >= 4 is 21.7 Å². The van der Waals surface area contributed by atoms with Crippen molar-refractivity contribution in [3.63, 3.8) is 0 Å². The molecule has 4 aliphatic rings. The predicted octanol–water partition coefficient (Wildman–Crippen LogP) is 3.30. The Morgan fingerprint density at radius 2 is 1.78 bits per heavy atom. The van der Waals surface area contributed by atoms with Crippen LogP contribution in [0.15, 0.2) is 0 Å². The molecular weight excluding hydrogens is 356 g/mol. The highest BCUT2D eigenvalue weighted by Gasteiger charge is 2.64. The van der Waals surface area contributed by atoms with Crippen molar-refractivity contribution in [2.45, 2.75) is 75.8 Å². The smallest absolute Gasteiger partial charge is 0.152 e. The van der Waals surface area contributed by atoms with Crippen molar-refractivity contribution in [2.24, 2.45) is 34.5 Å². The Labute approximate surface area is 147 Å². The molecule has 4 saturated carbocycles. The minimum atomic E-state index is -0.307. The van der Waals surface area contributed by atoms with Crippen LogP contribution in [0.3, 0.4) is 0 Å². The van der Waals surface area contributed by atoms with Gasteiger partial charge in [-0.1, -0.05) is 29.8 Å². The maximum absolute atomic E-state index is 12.7. The number of aliphatic hydroxyl groups is 2. The second kappa shape index (κ2) is 5.28. The Morgan fingerprint density at radius 1 is 1.04 bits per heavy atom. The third-order valence-corrected chi connectivity index (χ3v) is 9.14. The van der Waals surface area contributed by atoms with Gasteiger partial charge in [-0.15, -0.1) is 0 Å². The monoisotopic (exact) mass is 384 g/mol. The molecule has 4 aliphatic carbocycles. The molecular formula is C19H29BrO3. The van der Waals surface area contributed by atoms with Gasteiger partial charge in [0.15, 0.2) is 5.78 Å². The van der Waals surface area contributed by atoms with Crippen molar-refractivity contribution in [3.05, 3.63) is 0 Å². The van der Waals surface area contributed by atoms with E-state index in [1.807, 2.05) is 0 Å². The third-order valence-electron chi connectivity index (χ3n) is 8.35. The highest BCUT2D eigenvalue weighted by Crippen LogP contribution is 2.65. The van der Waals surface area contributed by atoms with Crippen LogP contribution >= 0.6 is 15.9 Å². The zero-order valence-corrected chi connectivity index (χ0v) is 15.8. The second-order valence-electron chi connectivity index (χ2n) is 9.25. The number of hydrogen-bond acceptors (Lipinski definition) is 3. The molecule has 0 bridgehead atoms. The lowest BCUT2D eigenvalue weighted by molar-refractivity contribution is -0.171. The van der Waals surface area contributed by atoms with Gasteiger partial charge < -0.3 is 10.2 Å². The van der Waals surface area contributed by atoms with E-state index in [9.17, 15) is 15.0 Å². The highest BCUT2D eigenvalue weighted by molar-refractivity contribution is 9.10. The quantitative estimate of drug-likeness (QED) is 0.629. The van der Waals surface area contributed by atoms with Crippen LogP contribution in [0.25, 0.3) is 0 Å². The second-order valence-corrected chi connectivity index (χ2v) is 10.4. The summed E-state index contributed by atoms with van der Waals surface area (Å²) in [5, 5.41) is 21.0. The van der Waals surface area contributed by atoms with Crippen LogP contribution in [0.1, 0.15) is 58.8 Å². The largest absolute Gasteiger partial charge is 0.393 e. The molecule has 0 spiro atoms. The van der Waals surface area contributed by atoms with Crippen LogP contribution < -0.4 is 0 Å². The number of ketones is 1. The molecule has 9 atom stereocenters. The summed E-state index contributed by atoms with van der Waals surface area (Å²) in [5.41, 5.74) is -0.00834. The molecule has 0 radical (unpaired) electrons. The number of carbonyl (C=O) groups excluding carboxylic acids is 1. The van der Waals surface area contributed by atoms with Crippen LogP contribution in [0.2, 0.25) is 0 Å². The topological polar surface area (TPSA) is 57.5 Å². The maximum atomic E-state index is 12.7. The molecule has 0 aliphatic heterocycles. The van der Waals surface area contributed by atoms with Gasteiger partial charge in [-0.2, -0.15) is 0 Å². The molecule has 0 aromatic heterocycles. The first-order valence-corrected chi connectivity index (χ1v) is 10.2. The number of carbonyl (C=O) groups is 1.